The van der Waals surface area contributed by atoms with Gasteiger partial charge in [0.25, 0.3) is 0 Å². The highest BCUT2D eigenvalue weighted by molar-refractivity contribution is 6.30. The number of carboxylic acids is 1. The molecular weight excluding hydrogens is 532 g/mol. The number of para-hydroxylation sites is 1. The SMILES string of the molecule is CC(C)CC1C(=O)N(CC(=O)N2CCC(CC(=O)O)CC2)CC(c2cccc3c2OCCO3)c2cc(Cl)ccc21. The lowest BCUT2D eigenvalue weighted by Gasteiger charge is -2.34. The van der Waals surface area contributed by atoms with Crippen LogP contribution in [0, 0.1) is 11.8 Å². The first-order valence-electron chi connectivity index (χ1n) is 14.2. The Morgan fingerprint density at radius 2 is 1.80 bits per heavy atom. The van der Waals surface area contributed by atoms with Gasteiger partial charge in [-0.2, -0.15) is 0 Å². The van der Waals surface area contributed by atoms with Gasteiger partial charge in [0, 0.05) is 42.6 Å². The Hall–Kier alpha value is -3.26. The van der Waals surface area contributed by atoms with E-state index >= 15 is 0 Å². The minimum Gasteiger partial charge on any atom is -0.486 e. The summed E-state index contributed by atoms with van der Waals surface area (Å²) >= 11 is 6.53. The zero-order valence-electron chi connectivity index (χ0n) is 23.1. The van der Waals surface area contributed by atoms with Crippen LogP contribution >= 0.6 is 11.6 Å². The van der Waals surface area contributed by atoms with Gasteiger partial charge in [-0.1, -0.05) is 43.6 Å². The first kappa shape index (κ1) is 28.3. The van der Waals surface area contributed by atoms with Crippen molar-refractivity contribution in [2.24, 2.45) is 11.8 Å². The van der Waals surface area contributed by atoms with E-state index in [1.165, 1.54) is 0 Å². The Morgan fingerprint density at radius 1 is 1.05 bits per heavy atom. The van der Waals surface area contributed by atoms with E-state index in [0.717, 1.165) is 16.7 Å². The molecular formula is C31H37ClN2O6. The standard InChI is InChI=1S/C31H37ClN2O6/c1-19(2)14-25-22-7-6-21(32)16-24(22)26(23-4-3-5-27-30(23)40-13-12-39-27)17-34(31(25)38)18-28(35)33-10-8-20(9-11-33)15-29(36)37/h3-7,16,19-20,25-26H,8-15,17-18H2,1-2H3,(H,36,37). The average Bonchev–Trinajstić information content (AvgIpc) is 3.03. The van der Waals surface area contributed by atoms with E-state index in [9.17, 15) is 14.4 Å². The maximum Gasteiger partial charge on any atom is 0.303 e. The summed E-state index contributed by atoms with van der Waals surface area (Å²) in [4.78, 5) is 42.3. The molecule has 1 saturated heterocycles. The molecule has 2 aromatic rings. The number of rotatable bonds is 7. The zero-order chi connectivity index (χ0) is 28.4. The summed E-state index contributed by atoms with van der Waals surface area (Å²) in [5, 5.41) is 9.73. The largest absolute Gasteiger partial charge is 0.486 e. The average molecular weight is 569 g/mol. The summed E-state index contributed by atoms with van der Waals surface area (Å²) in [6.45, 7) is 6.40. The van der Waals surface area contributed by atoms with Crippen molar-refractivity contribution in [3.63, 3.8) is 0 Å². The lowest BCUT2D eigenvalue weighted by Crippen LogP contribution is -2.47. The first-order chi connectivity index (χ1) is 19.2. The smallest absolute Gasteiger partial charge is 0.303 e. The number of carboxylic acid groups (broad SMARTS) is 1. The summed E-state index contributed by atoms with van der Waals surface area (Å²) in [5.74, 6) is 0.0503. The van der Waals surface area contributed by atoms with Crippen LogP contribution in [0.4, 0.5) is 0 Å². The van der Waals surface area contributed by atoms with Gasteiger partial charge in [0.05, 0.1) is 12.5 Å². The number of benzene rings is 2. The van der Waals surface area contributed by atoms with Gasteiger partial charge in [-0.25, -0.2) is 0 Å². The third-order valence-electron chi connectivity index (χ3n) is 8.25. The van der Waals surface area contributed by atoms with E-state index in [-0.39, 0.29) is 42.5 Å². The van der Waals surface area contributed by atoms with Gasteiger partial charge >= 0.3 is 5.97 Å². The Labute approximate surface area is 240 Å². The van der Waals surface area contributed by atoms with E-state index in [4.69, 9.17) is 26.2 Å². The predicted molar refractivity (Wildman–Crippen MR) is 151 cm³/mol. The number of piperidine rings is 1. The monoisotopic (exact) mass is 568 g/mol. The van der Waals surface area contributed by atoms with Crippen molar-refractivity contribution in [1.82, 2.24) is 9.80 Å². The van der Waals surface area contributed by atoms with Gasteiger partial charge in [0.2, 0.25) is 11.8 Å². The van der Waals surface area contributed by atoms with Crippen LogP contribution in [0.5, 0.6) is 11.5 Å². The molecule has 2 amide bonds. The number of halogens is 1. The number of amides is 2. The third-order valence-corrected chi connectivity index (χ3v) is 8.48. The number of hydrogen-bond donors (Lipinski definition) is 1. The van der Waals surface area contributed by atoms with Crippen LogP contribution in [0.2, 0.25) is 5.02 Å². The summed E-state index contributed by atoms with van der Waals surface area (Å²) < 4.78 is 11.9. The van der Waals surface area contributed by atoms with E-state index in [2.05, 4.69) is 13.8 Å². The predicted octanol–water partition coefficient (Wildman–Crippen LogP) is 4.93. The minimum absolute atomic E-state index is 0.0262. The van der Waals surface area contributed by atoms with Crippen LogP contribution in [-0.4, -0.2) is 72.1 Å². The van der Waals surface area contributed by atoms with Gasteiger partial charge in [-0.3, -0.25) is 14.4 Å². The van der Waals surface area contributed by atoms with E-state index in [0.29, 0.717) is 68.6 Å². The summed E-state index contributed by atoms with van der Waals surface area (Å²) in [6, 6.07) is 11.6. The molecule has 2 atom stereocenters. The molecule has 214 valence electrons. The van der Waals surface area contributed by atoms with Gasteiger partial charge in [0.15, 0.2) is 11.5 Å². The number of carbonyl (C=O) groups excluding carboxylic acids is 2. The number of ether oxygens (including phenoxy) is 2. The second-order valence-corrected chi connectivity index (χ2v) is 12.0. The highest BCUT2D eigenvalue weighted by atomic mass is 35.5. The van der Waals surface area contributed by atoms with Crippen LogP contribution in [0.3, 0.4) is 0 Å². The van der Waals surface area contributed by atoms with E-state index in [1.54, 1.807) is 9.80 Å². The molecule has 0 spiro atoms. The van der Waals surface area contributed by atoms with Crippen LogP contribution in [0.15, 0.2) is 36.4 Å². The molecule has 2 unspecified atom stereocenters. The Morgan fingerprint density at radius 3 is 2.52 bits per heavy atom. The van der Waals surface area contributed by atoms with Crippen molar-refractivity contribution in [3.05, 3.63) is 58.1 Å². The fourth-order valence-electron chi connectivity index (χ4n) is 6.30. The van der Waals surface area contributed by atoms with Gasteiger partial charge in [-0.15, -0.1) is 0 Å². The Bertz CT molecular complexity index is 1270. The Balaban J connectivity index is 1.49. The second-order valence-electron chi connectivity index (χ2n) is 11.5. The summed E-state index contributed by atoms with van der Waals surface area (Å²) in [7, 11) is 0. The number of carbonyl (C=O) groups is 3. The molecule has 2 aromatic carbocycles. The van der Waals surface area contributed by atoms with E-state index in [1.807, 2.05) is 36.4 Å². The molecule has 3 aliphatic heterocycles. The molecule has 5 rings (SSSR count). The molecule has 9 heteroatoms. The zero-order valence-corrected chi connectivity index (χ0v) is 23.9. The topological polar surface area (TPSA) is 96.4 Å². The second kappa shape index (κ2) is 12.1. The fraction of sp³-hybridized carbons (Fsp3) is 0.516. The highest BCUT2D eigenvalue weighted by Crippen LogP contribution is 2.45. The molecule has 0 saturated carbocycles. The maximum atomic E-state index is 14.2. The molecule has 1 fully saturated rings. The van der Waals surface area contributed by atoms with E-state index < -0.39 is 11.9 Å². The summed E-state index contributed by atoms with van der Waals surface area (Å²) in [6.07, 6.45) is 2.08. The Kier molecular flexibility index (Phi) is 8.54. The molecule has 0 aliphatic carbocycles. The van der Waals surface area contributed by atoms with Gasteiger partial charge in [0.1, 0.15) is 13.2 Å². The summed E-state index contributed by atoms with van der Waals surface area (Å²) in [5.41, 5.74) is 2.82. The fourth-order valence-corrected chi connectivity index (χ4v) is 6.48. The van der Waals surface area contributed by atoms with Crippen LogP contribution < -0.4 is 9.47 Å². The van der Waals surface area contributed by atoms with Crippen LogP contribution in [0.1, 0.15) is 68.1 Å². The van der Waals surface area contributed by atoms with Crippen molar-refractivity contribution in [3.8, 4) is 11.5 Å². The van der Waals surface area contributed by atoms with Crippen LogP contribution in [-0.2, 0) is 14.4 Å². The third kappa shape index (κ3) is 6.07. The number of hydrogen-bond acceptors (Lipinski definition) is 5. The quantitative estimate of drug-likeness (QED) is 0.509. The lowest BCUT2D eigenvalue weighted by molar-refractivity contribution is -0.143. The van der Waals surface area contributed by atoms with Crippen LogP contribution in [0.25, 0.3) is 0 Å². The van der Waals surface area contributed by atoms with Crippen molar-refractivity contribution in [2.75, 3.05) is 39.4 Å². The minimum atomic E-state index is -0.806. The number of likely N-dealkylation sites (tertiary alicyclic amines) is 1. The van der Waals surface area contributed by atoms with Crippen molar-refractivity contribution >= 4 is 29.4 Å². The lowest BCUT2D eigenvalue weighted by atomic mass is 9.82. The molecule has 0 bridgehead atoms. The molecule has 40 heavy (non-hydrogen) atoms. The molecule has 8 nitrogen and oxygen atoms in total. The van der Waals surface area contributed by atoms with Gasteiger partial charge < -0.3 is 24.4 Å². The molecule has 1 N–H and O–H groups in total. The maximum absolute atomic E-state index is 14.2. The van der Waals surface area contributed by atoms with Crippen molar-refractivity contribution < 1.29 is 29.0 Å². The molecule has 3 aliphatic rings. The number of aliphatic carboxylic acids is 1. The normalized spacial score (nSPS) is 21.2. The van der Waals surface area contributed by atoms with Crippen molar-refractivity contribution in [1.29, 1.82) is 0 Å². The number of nitrogens with zero attached hydrogens (tertiary/aromatic N) is 2. The van der Waals surface area contributed by atoms with Crippen molar-refractivity contribution in [2.45, 2.75) is 51.4 Å². The highest BCUT2D eigenvalue weighted by Gasteiger charge is 2.39. The molecule has 3 heterocycles. The number of fused-ring (bicyclic) bond motifs is 2. The van der Waals surface area contributed by atoms with Gasteiger partial charge in [-0.05, 0) is 60.4 Å². The molecule has 0 radical (unpaired) electrons. The molecule has 0 aromatic heterocycles. The first-order valence-corrected chi connectivity index (χ1v) is 14.5.